The Morgan fingerprint density at radius 1 is 1.23 bits per heavy atom. The second kappa shape index (κ2) is 6.54. The van der Waals surface area contributed by atoms with Crippen LogP contribution in [-0.2, 0) is 0 Å². The zero-order valence-electron chi connectivity index (χ0n) is 13.6. The summed E-state index contributed by atoms with van der Waals surface area (Å²) in [5.74, 6) is -0.382. The topological polar surface area (TPSA) is 109 Å². The molecule has 0 fully saturated rings. The van der Waals surface area contributed by atoms with Crippen LogP contribution in [0.25, 0.3) is 11.0 Å². The minimum atomic E-state index is -4.38. The lowest BCUT2D eigenvalue weighted by atomic mass is 10.2. The number of H-pyrrole nitrogens is 1. The van der Waals surface area contributed by atoms with Crippen LogP contribution >= 0.6 is 0 Å². The number of nitrogens with one attached hydrogen (secondary N) is 3. The van der Waals surface area contributed by atoms with Crippen molar-refractivity contribution >= 4 is 34.4 Å². The Balaban J connectivity index is 1.92. The van der Waals surface area contributed by atoms with Gasteiger partial charge in [0.05, 0.1) is 5.39 Å². The molecule has 26 heavy (non-hydrogen) atoms. The molecule has 2 heterocycles. The summed E-state index contributed by atoms with van der Waals surface area (Å²) in [4.78, 5) is 22.4. The Labute approximate surface area is 145 Å². The third-order valence-corrected chi connectivity index (χ3v) is 3.61. The molecule has 0 atom stereocenters. The molecule has 5 N–H and O–H groups in total. The number of alkyl halides is 3. The van der Waals surface area contributed by atoms with E-state index in [1.807, 2.05) is 0 Å². The summed E-state index contributed by atoms with van der Waals surface area (Å²) in [6.07, 6.45) is -2.73. The van der Waals surface area contributed by atoms with Gasteiger partial charge in [0, 0.05) is 17.4 Å². The van der Waals surface area contributed by atoms with Gasteiger partial charge in [0.15, 0.2) is 0 Å². The zero-order valence-corrected chi connectivity index (χ0v) is 13.6. The van der Waals surface area contributed by atoms with Crippen LogP contribution in [0.4, 0.5) is 30.6 Å². The SMILES string of the molecule is Cc1c[nH]c2nc(Nc3ccc(C(N)=O)cc3)nc(NCC(F)(F)F)c12. The van der Waals surface area contributed by atoms with Crippen LogP contribution in [-0.4, -0.2) is 33.6 Å². The van der Waals surface area contributed by atoms with Crippen molar-refractivity contribution in [1.29, 1.82) is 0 Å². The first-order valence-corrected chi connectivity index (χ1v) is 7.56. The smallest absolute Gasteiger partial charge is 0.366 e. The average molecular weight is 364 g/mol. The number of primary amides is 1. The average Bonchev–Trinajstić information content (AvgIpc) is 2.94. The van der Waals surface area contributed by atoms with Gasteiger partial charge in [-0.05, 0) is 36.8 Å². The van der Waals surface area contributed by atoms with Crippen LogP contribution < -0.4 is 16.4 Å². The van der Waals surface area contributed by atoms with Gasteiger partial charge in [0.25, 0.3) is 0 Å². The molecular weight excluding hydrogens is 349 g/mol. The van der Waals surface area contributed by atoms with Crippen molar-refractivity contribution in [2.75, 3.05) is 17.2 Å². The van der Waals surface area contributed by atoms with Crippen molar-refractivity contribution in [3.63, 3.8) is 0 Å². The molecule has 136 valence electrons. The van der Waals surface area contributed by atoms with Gasteiger partial charge in [-0.1, -0.05) is 0 Å². The first-order chi connectivity index (χ1) is 12.2. The minimum absolute atomic E-state index is 0.0716. The number of hydrogen-bond acceptors (Lipinski definition) is 5. The van der Waals surface area contributed by atoms with Gasteiger partial charge < -0.3 is 21.4 Å². The minimum Gasteiger partial charge on any atom is -0.366 e. The molecule has 3 aromatic rings. The summed E-state index contributed by atoms with van der Waals surface area (Å²) in [5, 5.41) is 5.69. The van der Waals surface area contributed by atoms with E-state index in [4.69, 9.17) is 5.73 Å². The van der Waals surface area contributed by atoms with Gasteiger partial charge in [-0.3, -0.25) is 4.79 Å². The molecule has 0 saturated heterocycles. The van der Waals surface area contributed by atoms with E-state index in [1.54, 1.807) is 25.3 Å². The molecule has 0 unspecified atom stereocenters. The van der Waals surface area contributed by atoms with Crippen molar-refractivity contribution in [1.82, 2.24) is 15.0 Å². The van der Waals surface area contributed by atoms with Crippen LogP contribution in [0.5, 0.6) is 0 Å². The first kappa shape index (κ1) is 17.5. The molecule has 0 aliphatic carbocycles. The van der Waals surface area contributed by atoms with Crippen molar-refractivity contribution in [2.24, 2.45) is 5.73 Å². The second-order valence-corrected chi connectivity index (χ2v) is 5.63. The van der Waals surface area contributed by atoms with Crippen molar-refractivity contribution in [3.8, 4) is 0 Å². The number of nitrogens with two attached hydrogens (primary N) is 1. The molecule has 0 spiro atoms. The Kier molecular flexibility index (Phi) is 4.41. The van der Waals surface area contributed by atoms with Crippen LogP contribution in [0.3, 0.4) is 0 Å². The molecule has 3 rings (SSSR count). The predicted octanol–water partition coefficient (Wildman–Crippen LogP) is 3.08. The highest BCUT2D eigenvalue weighted by atomic mass is 19.4. The molecule has 10 heteroatoms. The van der Waals surface area contributed by atoms with E-state index in [0.29, 0.717) is 22.3 Å². The lowest BCUT2D eigenvalue weighted by Crippen LogP contribution is -2.22. The number of rotatable bonds is 5. The first-order valence-electron chi connectivity index (χ1n) is 7.56. The Morgan fingerprint density at radius 3 is 2.54 bits per heavy atom. The number of anilines is 3. The van der Waals surface area contributed by atoms with E-state index in [0.717, 1.165) is 5.56 Å². The van der Waals surface area contributed by atoms with E-state index in [2.05, 4.69) is 25.6 Å². The number of amides is 1. The number of nitrogens with zero attached hydrogens (tertiary/aromatic N) is 2. The normalized spacial score (nSPS) is 11.5. The third kappa shape index (κ3) is 3.85. The van der Waals surface area contributed by atoms with E-state index in [1.165, 1.54) is 12.1 Å². The van der Waals surface area contributed by atoms with E-state index < -0.39 is 18.6 Å². The molecule has 1 aromatic carbocycles. The van der Waals surface area contributed by atoms with Crippen LogP contribution in [0.15, 0.2) is 30.5 Å². The molecule has 1 amide bonds. The molecule has 0 bridgehead atoms. The third-order valence-electron chi connectivity index (χ3n) is 3.61. The number of carbonyl (C=O) groups is 1. The van der Waals surface area contributed by atoms with Crippen LogP contribution in [0.1, 0.15) is 15.9 Å². The number of aromatic amines is 1. The predicted molar refractivity (Wildman–Crippen MR) is 91.4 cm³/mol. The molecular formula is C16H15F3N6O. The fourth-order valence-corrected chi connectivity index (χ4v) is 2.40. The Bertz CT molecular complexity index is 949. The van der Waals surface area contributed by atoms with Gasteiger partial charge >= 0.3 is 6.18 Å². The number of fused-ring (bicyclic) bond motifs is 1. The van der Waals surface area contributed by atoms with E-state index in [9.17, 15) is 18.0 Å². The maximum absolute atomic E-state index is 12.6. The summed E-state index contributed by atoms with van der Waals surface area (Å²) in [7, 11) is 0. The standard InChI is InChI=1S/C16H15F3N6O/c1-8-6-21-13-11(8)14(22-7-16(17,18)19)25-15(24-13)23-10-4-2-9(3-5-10)12(20)26/h2-6H,7H2,1H3,(H2,20,26)(H3,21,22,23,24,25). The Morgan fingerprint density at radius 2 is 1.92 bits per heavy atom. The Hall–Kier alpha value is -3.30. The van der Waals surface area contributed by atoms with Crippen LogP contribution in [0.2, 0.25) is 0 Å². The number of halogens is 3. The number of aryl methyl sites for hydroxylation is 1. The highest BCUT2D eigenvalue weighted by molar-refractivity contribution is 5.93. The molecule has 0 aliphatic heterocycles. The van der Waals surface area contributed by atoms with Crippen molar-refractivity contribution in [2.45, 2.75) is 13.1 Å². The van der Waals surface area contributed by atoms with Gasteiger partial charge in [-0.25, -0.2) is 0 Å². The van der Waals surface area contributed by atoms with Gasteiger partial charge in [-0.15, -0.1) is 0 Å². The number of hydrogen-bond donors (Lipinski definition) is 4. The highest BCUT2D eigenvalue weighted by Gasteiger charge is 2.27. The van der Waals surface area contributed by atoms with Gasteiger partial charge in [0.2, 0.25) is 11.9 Å². The fraction of sp³-hybridized carbons (Fsp3) is 0.188. The van der Waals surface area contributed by atoms with Crippen molar-refractivity contribution < 1.29 is 18.0 Å². The number of benzene rings is 1. The van der Waals surface area contributed by atoms with E-state index >= 15 is 0 Å². The van der Waals surface area contributed by atoms with Crippen molar-refractivity contribution in [3.05, 3.63) is 41.6 Å². The maximum atomic E-state index is 12.6. The number of carbonyl (C=O) groups excluding carboxylic acids is 1. The monoisotopic (exact) mass is 364 g/mol. The lowest BCUT2D eigenvalue weighted by molar-refractivity contribution is -0.115. The largest absolute Gasteiger partial charge is 0.405 e. The summed E-state index contributed by atoms with van der Waals surface area (Å²) in [5.41, 5.74) is 7.19. The van der Waals surface area contributed by atoms with Gasteiger partial charge in [0.1, 0.15) is 18.0 Å². The lowest BCUT2D eigenvalue weighted by Gasteiger charge is -2.12. The number of aromatic nitrogens is 3. The molecule has 7 nitrogen and oxygen atoms in total. The summed E-state index contributed by atoms with van der Waals surface area (Å²) in [6, 6.07) is 6.22. The quantitative estimate of drug-likeness (QED) is 0.556. The molecule has 0 radical (unpaired) electrons. The summed E-state index contributed by atoms with van der Waals surface area (Å²) >= 11 is 0. The zero-order chi connectivity index (χ0) is 18.9. The maximum Gasteiger partial charge on any atom is 0.405 e. The molecule has 0 saturated carbocycles. The summed E-state index contributed by atoms with van der Waals surface area (Å²) in [6.45, 7) is 0.535. The molecule has 0 aliphatic rings. The van der Waals surface area contributed by atoms with E-state index in [-0.39, 0.29) is 11.8 Å². The van der Waals surface area contributed by atoms with Crippen LogP contribution in [0, 0.1) is 6.92 Å². The second-order valence-electron chi connectivity index (χ2n) is 5.63. The van der Waals surface area contributed by atoms with Gasteiger partial charge in [-0.2, -0.15) is 23.1 Å². The highest BCUT2D eigenvalue weighted by Crippen LogP contribution is 2.27. The molecule has 2 aromatic heterocycles. The summed E-state index contributed by atoms with van der Waals surface area (Å²) < 4.78 is 37.7. The fourth-order valence-electron chi connectivity index (χ4n) is 2.40.